The summed E-state index contributed by atoms with van der Waals surface area (Å²) >= 11 is 0. The lowest BCUT2D eigenvalue weighted by molar-refractivity contribution is -0.130. The van der Waals surface area contributed by atoms with Crippen molar-refractivity contribution in [3.8, 4) is 0 Å². The lowest BCUT2D eigenvalue weighted by Gasteiger charge is -2.22. The molecule has 0 radical (unpaired) electrons. The molecule has 1 unspecified atom stereocenters. The SMILES string of the molecule is Cl.NCCCCCCC(=O)N1CCC2(CCOC2)C1. The summed E-state index contributed by atoms with van der Waals surface area (Å²) in [6.45, 7) is 4.36. The zero-order valence-corrected chi connectivity index (χ0v) is 12.6. The van der Waals surface area contributed by atoms with E-state index in [0.717, 1.165) is 71.4 Å². The fourth-order valence-corrected chi connectivity index (χ4v) is 3.05. The third-order valence-electron chi connectivity index (χ3n) is 4.32. The van der Waals surface area contributed by atoms with E-state index >= 15 is 0 Å². The van der Waals surface area contributed by atoms with Crippen LogP contribution in [-0.2, 0) is 9.53 Å². The van der Waals surface area contributed by atoms with E-state index in [2.05, 4.69) is 4.90 Å². The Morgan fingerprint density at radius 3 is 2.68 bits per heavy atom. The molecule has 2 aliphatic heterocycles. The lowest BCUT2D eigenvalue weighted by atomic mass is 9.87. The van der Waals surface area contributed by atoms with Gasteiger partial charge in [0.15, 0.2) is 0 Å². The first kappa shape index (κ1) is 16.7. The maximum atomic E-state index is 12.1. The van der Waals surface area contributed by atoms with Gasteiger partial charge in [-0.05, 0) is 32.2 Å². The van der Waals surface area contributed by atoms with Crippen LogP contribution < -0.4 is 5.73 Å². The molecule has 2 N–H and O–H groups in total. The van der Waals surface area contributed by atoms with Gasteiger partial charge in [0.25, 0.3) is 0 Å². The third-order valence-corrected chi connectivity index (χ3v) is 4.32. The third kappa shape index (κ3) is 4.62. The fraction of sp³-hybridized carbons (Fsp3) is 0.929. The zero-order valence-electron chi connectivity index (χ0n) is 11.7. The molecule has 1 spiro atoms. The van der Waals surface area contributed by atoms with Crippen LogP contribution in [0.5, 0.6) is 0 Å². The lowest BCUT2D eigenvalue weighted by Crippen LogP contribution is -2.32. The van der Waals surface area contributed by atoms with Gasteiger partial charge in [-0.15, -0.1) is 12.4 Å². The zero-order chi connectivity index (χ0) is 12.8. The summed E-state index contributed by atoms with van der Waals surface area (Å²) in [6, 6.07) is 0. The Balaban J connectivity index is 0.00000180. The average Bonchev–Trinajstić information content (AvgIpc) is 3.00. The Kier molecular flexibility index (Phi) is 7.11. The summed E-state index contributed by atoms with van der Waals surface area (Å²) in [4.78, 5) is 14.1. The number of unbranched alkanes of at least 4 members (excludes halogenated alkanes) is 3. The smallest absolute Gasteiger partial charge is 0.222 e. The molecular formula is C14H27ClN2O2. The quantitative estimate of drug-likeness (QED) is 0.761. The highest BCUT2D eigenvalue weighted by Gasteiger charge is 2.42. The van der Waals surface area contributed by atoms with Crippen molar-refractivity contribution in [2.24, 2.45) is 11.1 Å². The Bertz CT molecular complexity index is 281. The van der Waals surface area contributed by atoms with Crippen LogP contribution in [0.1, 0.15) is 44.9 Å². The van der Waals surface area contributed by atoms with Gasteiger partial charge >= 0.3 is 0 Å². The van der Waals surface area contributed by atoms with E-state index in [1.54, 1.807) is 0 Å². The monoisotopic (exact) mass is 290 g/mol. The Morgan fingerprint density at radius 2 is 2.00 bits per heavy atom. The van der Waals surface area contributed by atoms with Gasteiger partial charge in [-0.3, -0.25) is 4.79 Å². The summed E-state index contributed by atoms with van der Waals surface area (Å²) < 4.78 is 5.49. The van der Waals surface area contributed by atoms with Crippen molar-refractivity contribution in [3.05, 3.63) is 0 Å². The minimum Gasteiger partial charge on any atom is -0.381 e. The van der Waals surface area contributed by atoms with E-state index in [1.165, 1.54) is 0 Å². The first-order chi connectivity index (χ1) is 8.76. The van der Waals surface area contributed by atoms with Gasteiger partial charge in [0, 0.05) is 31.5 Å². The number of halogens is 1. The predicted molar refractivity (Wildman–Crippen MR) is 78.5 cm³/mol. The molecule has 2 fully saturated rings. The molecule has 0 saturated carbocycles. The summed E-state index contributed by atoms with van der Waals surface area (Å²) in [5.41, 5.74) is 5.75. The number of hydrogen-bond donors (Lipinski definition) is 1. The first-order valence-electron chi connectivity index (χ1n) is 7.31. The van der Waals surface area contributed by atoms with Gasteiger partial charge in [-0.2, -0.15) is 0 Å². The van der Waals surface area contributed by atoms with Crippen molar-refractivity contribution in [1.82, 2.24) is 4.90 Å². The molecule has 1 atom stereocenters. The first-order valence-corrected chi connectivity index (χ1v) is 7.31. The van der Waals surface area contributed by atoms with E-state index in [9.17, 15) is 4.79 Å². The van der Waals surface area contributed by atoms with Gasteiger partial charge < -0.3 is 15.4 Å². The molecule has 19 heavy (non-hydrogen) atoms. The minimum atomic E-state index is 0. The summed E-state index contributed by atoms with van der Waals surface area (Å²) in [7, 11) is 0. The van der Waals surface area contributed by atoms with Gasteiger partial charge in [0.1, 0.15) is 0 Å². The standard InChI is InChI=1S/C14H26N2O2.ClH/c15-8-4-2-1-3-5-13(17)16-9-6-14(11-16)7-10-18-12-14;/h1-12,15H2;1H. The number of amides is 1. The van der Waals surface area contributed by atoms with E-state index in [0.29, 0.717) is 17.7 Å². The Hall–Kier alpha value is -0.320. The summed E-state index contributed by atoms with van der Waals surface area (Å²) in [5.74, 6) is 0.339. The minimum absolute atomic E-state index is 0. The molecule has 1 amide bonds. The van der Waals surface area contributed by atoms with Gasteiger partial charge in [0.05, 0.1) is 6.61 Å². The number of likely N-dealkylation sites (tertiary alicyclic amines) is 1. The van der Waals surface area contributed by atoms with Crippen LogP contribution in [0.15, 0.2) is 0 Å². The summed E-state index contributed by atoms with van der Waals surface area (Å²) in [6.07, 6.45) is 7.35. The molecule has 0 aliphatic carbocycles. The Labute approximate surface area is 122 Å². The number of rotatable bonds is 6. The topological polar surface area (TPSA) is 55.6 Å². The molecule has 0 aromatic rings. The number of carbonyl (C=O) groups is 1. The van der Waals surface area contributed by atoms with Crippen LogP contribution >= 0.6 is 12.4 Å². The highest BCUT2D eigenvalue weighted by Crippen LogP contribution is 2.38. The molecule has 4 nitrogen and oxygen atoms in total. The van der Waals surface area contributed by atoms with Crippen molar-refractivity contribution in [3.63, 3.8) is 0 Å². The second-order valence-electron chi connectivity index (χ2n) is 5.82. The molecule has 2 saturated heterocycles. The number of ether oxygens (including phenoxy) is 1. The second-order valence-corrected chi connectivity index (χ2v) is 5.82. The molecule has 112 valence electrons. The van der Waals surface area contributed by atoms with Crippen molar-refractivity contribution in [2.45, 2.75) is 44.9 Å². The maximum Gasteiger partial charge on any atom is 0.222 e. The maximum absolute atomic E-state index is 12.1. The highest BCUT2D eigenvalue weighted by molar-refractivity contribution is 5.85. The van der Waals surface area contributed by atoms with Crippen molar-refractivity contribution in [2.75, 3.05) is 32.8 Å². The number of hydrogen-bond acceptors (Lipinski definition) is 3. The number of nitrogens with two attached hydrogens (primary N) is 1. The van der Waals surface area contributed by atoms with Crippen LogP contribution in [0.25, 0.3) is 0 Å². The Morgan fingerprint density at radius 1 is 1.21 bits per heavy atom. The van der Waals surface area contributed by atoms with Crippen LogP contribution in [0.3, 0.4) is 0 Å². The molecule has 0 bridgehead atoms. The van der Waals surface area contributed by atoms with Crippen molar-refractivity contribution < 1.29 is 9.53 Å². The van der Waals surface area contributed by atoms with Crippen LogP contribution in [0, 0.1) is 5.41 Å². The van der Waals surface area contributed by atoms with Crippen LogP contribution in [0.2, 0.25) is 0 Å². The molecular weight excluding hydrogens is 264 g/mol. The molecule has 2 heterocycles. The highest BCUT2D eigenvalue weighted by atomic mass is 35.5. The van der Waals surface area contributed by atoms with Gasteiger partial charge in [0.2, 0.25) is 5.91 Å². The second kappa shape index (κ2) is 8.08. The van der Waals surface area contributed by atoms with E-state index in [-0.39, 0.29) is 12.4 Å². The molecule has 5 heteroatoms. The van der Waals surface area contributed by atoms with Gasteiger partial charge in [-0.1, -0.05) is 12.8 Å². The molecule has 2 aliphatic rings. The van der Waals surface area contributed by atoms with E-state index in [4.69, 9.17) is 10.5 Å². The van der Waals surface area contributed by atoms with Crippen molar-refractivity contribution >= 4 is 18.3 Å². The predicted octanol–water partition coefficient (Wildman–Crippen LogP) is 1.96. The van der Waals surface area contributed by atoms with Gasteiger partial charge in [-0.25, -0.2) is 0 Å². The van der Waals surface area contributed by atoms with Crippen LogP contribution in [0.4, 0.5) is 0 Å². The number of nitrogens with zero attached hydrogens (tertiary/aromatic N) is 1. The molecule has 0 aromatic carbocycles. The van der Waals surface area contributed by atoms with Crippen LogP contribution in [-0.4, -0.2) is 43.7 Å². The van der Waals surface area contributed by atoms with E-state index in [1.807, 2.05) is 0 Å². The number of carbonyl (C=O) groups excluding carboxylic acids is 1. The molecule has 2 rings (SSSR count). The summed E-state index contributed by atoms with van der Waals surface area (Å²) in [5, 5.41) is 0. The fourth-order valence-electron chi connectivity index (χ4n) is 3.05. The van der Waals surface area contributed by atoms with Crippen molar-refractivity contribution in [1.29, 1.82) is 0 Å². The normalized spacial score (nSPS) is 25.8. The largest absolute Gasteiger partial charge is 0.381 e. The molecule has 0 aromatic heterocycles. The van der Waals surface area contributed by atoms with E-state index < -0.39 is 0 Å². The average molecular weight is 291 g/mol.